The lowest BCUT2D eigenvalue weighted by molar-refractivity contribution is -0.157. The van der Waals surface area contributed by atoms with Crippen LogP contribution in [0.4, 0.5) is 0 Å². The van der Waals surface area contributed by atoms with Crippen LogP contribution in [0, 0.1) is 11.8 Å². The van der Waals surface area contributed by atoms with E-state index in [1.54, 1.807) is 11.3 Å². The predicted molar refractivity (Wildman–Crippen MR) is 98.4 cm³/mol. The van der Waals surface area contributed by atoms with Crippen LogP contribution >= 0.6 is 11.3 Å². The first-order valence-electron chi connectivity index (χ1n) is 9.48. The molecule has 0 spiro atoms. The summed E-state index contributed by atoms with van der Waals surface area (Å²) in [6.07, 6.45) is 4.51. The first-order valence-corrected chi connectivity index (χ1v) is 10.4. The van der Waals surface area contributed by atoms with Crippen molar-refractivity contribution in [1.82, 2.24) is 15.5 Å². The van der Waals surface area contributed by atoms with Crippen LogP contribution in [-0.4, -0.2) is 47.9 Å². The van der Waals surface area contributed by atoms with Crippen molar-refractivity contribution in [3.8, 4) is 0 Å². The highest BCUT2D eigenvalue weighted by molar-refractivity contribution is 7.09. The summed E-state index contributed by atoms with van der Waals surface area (Å²) >= 11 is 1.72. The van der Waals surface area contributed by atoms with Gasteiger partial charge in [-0.05, 0) is 50.1 Å². The number of nitrogens with one attached hydrogen (secondary N) is 2. The number of hydrogen-bond donors (Lipinski definition) is 2. The van der Waals surface area contributed by atoms with E-state index in [0.29, 0.717) is 12.3 Å². The summed E-state index contributed by atoms with van der Waals surface area (Å²) < 4.78 is 0. The molecule has 2 N–H and O–H groups in total. The number of nitrogens with zero attached hydrogens (tertiary/aromatic N) is 1. The second kappa shape index (κ2) is 7.08. The zero-order valence-electron chi connectivity index (χ0n) is 14.7. The fraction of sp³-hybridized carbons (Fsp3) is 0.684. The van der Waals surface area contributed by atoms with Gasteiger partial charge in [-0.2, -0.15) is 0 Å². The van der Waals surface area contributed by atoms with Crippen LogP contribution < -0.4 is 10.6 Å². The molecule has 3 fully saturated rings. The number of fused-ring (bicyclic) bond motifs is 4. The van der Waals surface area contributed by atoms with E-state index in [1.807, 2.05) is 11.0 Å². The van der Waals surface area contributed by atoms with Crippen molar-refractivity contribution >= 4 is 23.2 Å². The maximum absolute atomic E-state index is 13.1. The van der Waals surface area contributed by atoms with Crippen molar-refractivity contribution in [2.75, 3.05) is 13.1 Å². The minimum atomic E-state index is -0.298. The first kappa shape index (κ1) is 17.0. The molecule has 25 heavy (non-hydrogen) atoms. The second-order valence-corrected chi connectivity index (χ2v) is 8.84. The average molecular weight is 362 g/mol. The molecular weight excluding hydrogens is 334 g/mol. The second-order valence-electron chi connectivity index (χ2n) is 7.81. The largest absolute Gasteiger partial charge is 0.351 e. The van der Waals surface area contributed by atoms with E-state index in [4.69, 9.17) is 0 Å². The molecule has 2 bridgehead atoms. The van der Waals surface area contributed by atoms with E-state index in [-0.39, 0.29) is 35.9 Å². The number of hydrogen-bond acceptors (Lipinski definition) is 4. The maximum atomic E-state index is 13.1. The van der Waals surface area contributed by atoms with Gasteiger partial charge >= 0.3 is 0 Å². The van der Waals surface area contributed by atoms with Gasteiger partial charge in [0.2, 0.25) is 11.8 Å². The van der Waals surface area contributed by atoms with Crippen LogP contribution in [0.15, 0.2) is 17.5 Å². The monoisotopic (exact) mass is 361 g/mol. The summed E-state index contributed by atoms with van der Waals surface area (Å²) in [7, 11) is 0. The minimum Gasteiger partial charge on any atom is -0.351 e. The number of carbonyl (C=O) groups excluding carboxylic acids is 2. The number of thiophene rings is 1. The highest BCUT2D eigenvalue weighted by Gasteiger charge is 2.50. The van der Waals surface area contributed by atoms with Crippen molar-refractivity contribution in [3.63, 3.8) is 0 Å². The zero-order chi connectivity index (χ0) is 17.4. The summed E-state index contributed by atoms with van der Waals surface area (Å²) in [4.78, 5) is 29.0. The molecule has 0 unspecified atom stereocenters. The SMILES string of the molecule is C[C@H](Cc1cccs1)NC(=O)[C@H]1[C@@H]2CNC[C@@H](C2)[C@@H]2CCCC(=O)N21. The molecule has 1 aromatic heterocycles. The topological polar surface area (TPSA) is 61.4 Å². The van der Waals surface area contributed by atoms with Gasteiger partial charge in [-0.15, -0.1) is 11.3 Å². The van der Waals surface area contributed by atoms with E-state index in [0.717, 1.165) is 38.8 Å². The predicted octanol–water partition coefficient (Wildman–Crippen LogP) is 1.78. The fourth-order valence-electron chi connectivity index (χ4n) is 4.96. The van der Waals surface area contributed by atoms with Gasteiger partial charge in [-0.3, -0.25) is 9.59 Å². The van der Waals surface area contributed by atoms with Crippen molar-refractivity contribution in [2.24, 2.45) is 11.8 Å². The Morgan fingerprint density at radius 1 is 1.44 bits per heavy atom. The van der Waals surface area contributed by atoms with Gasteiger partial charge in [0, 0.05) is 42.3 Å². The fourth-order valence-corrected chi connectivity index (χ4v) is 5.80. The Bertz CT molecular complexity index is 633. The smallest absolute Gasteiger partial charge is 0.243 e. The molecule has 0 radical (unpaired) electrons. The highest BCUT2D eigenvalue weighted by atomic mass is 32.1. The number of carbonyl (C=O) groups is 2. The number of amides is 2. The Balaban J connectivity index is 1.49. The number of piperidine rings is 3. The van der Waals surface area contributed by atoms with Gasteiger partial charge in [0.15, 0.2) is 0 Å². The highest BCUT2D eigenvalue weighted by Crippen LogP contribution is 2.39. The number of rotatable bonds is 4. The summed E-state index contributed by atoms with van der Waals surface area (Å²) in [5, 5.41) is 8.75. The molecule has 3 aliphatic heterocycles. The molecule has 5 nitrogen and oxygen atoms in total. The van der Waals surface area contributed by atoms with E-state index in [9.17, 15) is 9.59 Å². The Labute approximate surface area is 153 Å². The summed E-state index contributed by atoms with van der Waals surface area (Å²) in [6, 6.07) is 4.17. The van der Waals surface area contributed by atoms with Crippen LogP contribution in [-0.2, 0) is 16.0 Å². The third-order valence-electron chi connectivity index (χ3n) is 5.99. The molecular formula is C19H27N3O2S. The summed E-state index contributed by atoms with van der Waals surface area (Å²) in [5.74, 6) is 0.969. The minimum absolute atomic E-state index is 0.0384. The molecule has 3 aliphatic rings. The molecule has 1 aromatic rings. The van der Waals surface area contributed by atoms with Crippen molar-refractivity contribution < 1.29 is 9.59 Å². The van der Waals surface area contributed by atoms with Crippen LogP contribution in [0.25, 0.3) is 0 Å². The standard InChI is InChI=1S/C19H27N3O2S/c1-12(8-15-4-3-7-25-15)21-19(24)18-14-9-13(10-20-11-14)16-5-2-6-17(23)22(16)18/h3-4,7,12-14,16,18,20H,2,5-6,8-11H2,1H3,(H,21,24)/t12-,13-,14+,16+,18-/m1/s1. The Morgan fingerprint density at radius 3 is 3.08 bits per heavy atom. The van der Waals surface area contributed by atoms with Gasteiger partial charge in [0.25, 0.3) is 0 Å². The van der Waals surface area contributed by atoms with Crippen LogP contribution in [0.2, 0.25) is 0 Å². The van der Waals surface area contributed by atoms with Gasteiger partial charge in [-0.1, -0.05) is 6.07 Å². The maximum Gasteiger partial charge on any atom is 0.243 e. The Kier molecular flexibility index (Phi) is 4.82. The molecule has 4 rings (SSSR count). The Morgan fingerprint density at radius 2 is 2.28 bits per heavy atom. The molecule has 5 atom stereocenters. The van der Waals surface area contributed by atoms with Crippen molar-refractivity contribution in [2.45, 2.75) is 57.2 Å². The molecule has 2 amide bonds. The van der Waals surface area contributed by atoms with Gasteiger partial charge < -0.3 is 15.5 Å². The van der Waals surface area contributed by atoms with E-state index in [2.05, 4.69) is 29.0 Å². The van der Waals surface area contributed by atoms with Crippen molar-refractivity contribution in [3.05, 3.63) is 22.4 Å². The van der Waals surface area contributed by atoms with Gasteiger partial charge in [0.1, 0.15) is 6.04 Å². The molecule has 136 valence electrons. The lowest BCUT2D eigenvalue weighted by atomic mass is 9.72. The van der Waals surface area contributed by atoms with Crippen LogP contribution in [0.3, 0.4) is 0 Å². The van der Waals surface area contributed by atoms with Gasteiger partial charge in [0.05, 0.1) is 0 Å². The molecule has 0 saturated carbocycles. The van der Waals surface area contributed by atoms with E-state index >= 15 is 0 Å². The van der Waals surface area contributed by atoms with Crippen LogP contribution in [0.5, 0.6) is 0 Å². The summed E-state index contributed by atoms with van der Waals surface area (Å²) in [6.45, 7) is 3.87. The van der Waals surface area contributed by atoms with E-state index in [1.165, 1.54) is 4.88 Å². The van der Waals surface area contributed by atoms with Crippen molar-refractivity contribution in [1.29, 1.82) is 0 Å². The third kappa shape index (κ3) is 3.34. The zero-order valence-corrected chi connectivity index (χ0v) is 15.6. The summed E-state index contributed by atoms with van der Waals surface area (Å²) in [5.41, 5.74) is 0. The quantitative estimate of drug-likeness (QED) is 0.859. The molecule has 4 heterocycles. The third-order valence-corrected chi connectivity index (χ3v) is 6.89. The first-order chi connectivity index (χ1) is 12.1. The van der Waals surface area contributed by atoms with E-state index < -0.39 is 0 Å². The molecule has 0 aliphatic carbocycles. The van der Waals surface area contributed by atoms with Gasteiger partial charge in [-0.25, -0.2) is 0 Å². The Hall–Kier alpha value is -1.40. The average Bonchev–Trinajstić information content (AvgIpc) is 3.09. The molecule has 3 saturated heterocycles. The lowest BCUT2D eigenvalue weighted by Crippen LogP contribution is -2.68. The molecule has 0 aromatic carbocycles. The lowest BCUT2D eigenvalue weighted by Gasteiger charge is -2.54. The molecule has 6 heteroatoms. The van der Waals surface area contributed by atoms with Crippen LogP contribution in [0.1, 0.15) is 37.5 Å². The normalized spacial score (nSPS) is 32.8.